The number of piperidine rings is 1. The van der Waals surface area contributed by atoms with E-state index in [4.69, 9.17) is 15.0 Å². The maximum atomic E-state index is 14.4. The van der Waals surface area contributed by atoms with Gasteiger partial charge < -0.3 is 55.0 Å². The number of carbonyl (C=O) groups excluding carboxylic acids is 2. The average molecular weight is 1120 g/mol. The summed E-state index contributed by atoms with van der Waals surface area (Å²) in [5.74, 6) is 2.51. The second-order valence-electron chi connectivity index (χ2n) is 24.0. The molecule has 428 valence electrons. The zero-order chi connectivity index (χ0) is 55.9. The maximum absolute atomic E-state index is 14.4. The number of nitrogen functional groups attached to an aromatic ring is 1. The number of likely N-dealkylation sites (tertiary alicyclic amines) is 2. The zero-order valence-electron chi connectivity index (χ0n) is 47.0. The standard InChI is InChI=1S/C61H77N13O6S/c1-37(2)57(61(78)73-35-47(75)28-52(73)60(77)65-38(3)42-9-11-43(12-10-42)58-39(4)64-36-81-58)54-30-55(68-80-54)71-23-21-70(22-24-71)31-40-16-19-69(20-17-40)32-41-25-48(26-41)79-56-27-44(15-18-63-56)74-45-13-14-46(74)34-72(33-45)51-29-50(66-67-59(51)62)49-7-5-6-8-53(49)76/h5-12,15,18,27,29-30,36-38,40-41,45-48,52,57,75-76H,13-14,16-17,19-26,28,31-35H2,1-4H3,(H2,62,67)(H,65,77)/t38-,41?,45?,46?,47+,48?,52-,57-/m0/s1. The Hall–Kier alpha value is -6.87. The molecule has 1 aliphatic carbocycles. The number of para-hydroxylation sites is 1. The summed E-state index contributed by atoms with van der Waals surface area (Å²) in [4.78, 5) is 52.3. The summed E-state index contributed by atoms with van der Waals surface area (Å²) in [6.07, 6.45) is 8.16. The monoisotopic (exact) mass is 1120 g/mol. The van der Waals surface area contributed by atoms with Gasteiger partial charge in [-0.15, -0.1) is 21.5 Å². The maximum Gasteiger partial charge on any atom is 0.243 e. The highest BCUT2D eigenvalue weighted by Gasteiger charge is 2.45. The first kappa shape index (κ1) is 54.7. The number of ether oxygens (including phenoxy) is 1. The minimum Gasteiger partial charge on any atom is -0.507 e. The van der Waals surface area contributed by atoms with E-state index in [0.717, 1.165) is 130 Å². The van der Waals surface area contributed by atoms with E-state index in [1.165, 1.54) is 12.8 Å². The van der Waals surface area contributed by atoms with Gasteiger partial charge in [-0.05, 0) is 119 Å². The van der Waals surface area contributed by atoms with E-state index >= 15 is 0 Å². The smallest absolute Gasteiger partial charge is 0.243 e. The Morgan fingerprint density at radius 3 is 2.27 bits per heavy atom. The van der Waals surface area contributed by atoms with Crippen LogP contribution in [0.1, 0.15) is 94.7 Å². The lowest BCUT2D eigenvalue weighted by atomic mass is 9.81. The molecule has 6 aromatic rings. The largest absolute Gasteiger partial charge is 0.507 e. The third-order valence-electron chi connectivity index (χ3n) is 18.1. The number of amides is 2. The molecule has 2 aromatic carbocycles. The number of phenols is 1. The van der Waals surface area contributed by atoms with Crippen molar-refractivity contribution in [3.8, 4) is 33.3 Å². The van der Waals surface area contributed by atoms with Crippen molar-refractivity contribution in [3.63, 3.8) is 0 Å². The molecule has 6 atom stereocenters. The number of nitrogens with one attached hydrogen (secondary N) is 1. The highest BCUT2D eigenvalue weighted by atomic mass is 32.1. The number of β-amino-alcohol motifs (C(OH)–C–C–N with tert-alkyl or cyclic N) is 1. The predicted molar refractivity (Wildman–Crippen MR) is 313 cm³/mol. The first-order chi connectivity index (χ1) is 39.3. The molecule has 6 aliphatic rings. The van der Waals surface area contributed by atoms with Gasteiger partial charge in [-0.3, -0.25) is 14.5 Å². The molecule has 81 heavy (non-hydrogen) atoms. The lowest BCUT2D eigenvalue weighted by Gasteiger charge is -2.43. The van der Waals surface area contributed by atoms with Crippen molar-refractivity contribution in [2.45, 2.75) is 115 Å². The lowest BCUT2D eigenvalue weighted by molar-refractivity contribution is -0.141. The number of aliphatic hydroxyl groups excluding tert-OH is 1. The first-order valence-corrected chi connectivity index (χ1v) is 30.2. The molecule has 2 amide bonds. The molecule has 0 spiro atoms. The summed E-state index contributed by atoms with van der Waals surface area (Å²) >= 11 is 1.60. The first-order valence-electron chi connectivity index (χ1n) is 29.3. The van der Waals surface area contributed by atoms with Gasteiger partial charge in [0.1, 0.15) is 23.8 Å². The number of nitrogens with zero attached hydrogens (tertiary/aromatic N) is 11. The van der Waals surface area contributed by atoms with Crippen molar-refractivity contribution < 1.29 is 29.1 Å². The van der Waals surface area contributed by atoms with Crippen LogP contribution in [0, 0.1) is 24.7 Å². The van der Waals surface area contributed by atoms with Gasteiger partial charge in [0.15, 0.2) is 17.4 Å². The van der Waals surface area contributed by atoms with E-state index in [1.54, 1.807) is 28.4 Å². The predicted octanol–water partition coefficient (Wildman–Crippen LogP) is 7.37. The minimum absolute atomic E-state index is 0.0872. The molecule has 4 aromatic heterocycles. The van der Waals surface area contributed by atoms with Gasteiger partial charge in [0.25, 0.3) is 0 Å². The molecule has 9 heterocycles. The van der Waals surface area contributed by atoms with Gasteiger partial charge in [0.05, 0.1) is 39.6 Å². The number of anilines is 4. The summed E-state index contributed by atoms with van der Waals surface area (Å²) < 4.78 is 12.5. The second kappa shape index (κ2) is 23.5. The Labute approximate surface area is 478 Å². The molecule has 12 rings (SSSR count). The lowest BCUT2D eigenvalue weighted by Crippen LogP contribution is -2.54. The van der Waals surface area contributed by atoms with Gasteiger partial charge in [-0.25, -0.2) is 9.97 Å². The van der Waals surface area contributed by atoms with Crippen LogP contribution in [-0.4, -0.2) is 164 Å². The number of aryl methyl sites for hydroxylation is 1. The Morgan fingerprint density at radius 1 is 0.827 bits per heavy atom. The number of fused-ring (bicyclic) bond motifs is 2. The SMILES string of the molecule is Cc1ncsc1-c1ccc([C@H](C)NC(=O)[C@@H]2C[C@@H](O)CN2C(=O)[C@H](c2cc(N3CCN(CC4CCN(CC5CC(Oc6cc(N7C8CCC7CN(c7cc(-c9ccccc9O)nnc7N)C8)ccn6)C5)CC4)CC3)no2)C(C)C)cc1. The van der Waals surface area contributed by atoms with E-state index in [2.05, 4.69) is 67.3 Å². The van der Waals surface area contributed by atoms with Crippen molar-refractivity contribution in [2.75, 3.05) is 92.4 Å². The van der Waals surface area contributed by atoms with Gasteiger partial charge in [0, 0.05) is 107 Å². The van der Waals surface area contributed by atoms with Crippen molar-refractivity contribution in [1.29, 1.82) is 0 Å². The Bertz CT molecular complexity index is 3140. The Morgan fingerprint density at radius 2 is 1.56 bits per heavy atom. The number of aromatic hydroxyl groups is 1. The topological polar surface area (TPSA) is 219 Å². The van der Waals surface area contributed by atoms with Crippen LogP contribution in [0.15, 0.2) is 89.0 Å². The van der Waals surface area contributed by atoms with Gasteiger partial charge in [-0.2, -0.15) is 0 Å². The number of carbonyl (C=O) groups is 2. The van der Waals surface area contributed by atoms with Crippen LogP contribution < -0.4 is 30.5 Å². The molecular weight excluding hydrogens is 1040 g/mol. The molecule has 1 saturated carbocycles. The molecule has 5 aliphatic heterocycles. The molecular formula is C61H77N13O6S. The van der Waals surface area contributed by atoms with Crippen LogP contribution in [-0.2, 0) is 9.59 Å². The molecule has 19 nitrogen and oxygen atoms in total. The fourth-order valence-corrected chi connectivity index (χ4v) is 14.4. The Balaban J connectivity index is 0.564. The molecule has 20 heteroatoms. The summed E-state index contributed by atoms with van der Waals surface area (Å²) in [5, 5.41) is 37.5. The summed E-state index contributed by atoms with van der Waals surface area (Å²) in [7, 11) is 0. The third-order valence-corrected chi connectivity index (χ3v) is 19.1. The molecule has 2 bridgehead atoms. The van der Waals surface area contributed by atoms with E-state index in [9.17, 15) is 19.8 Å². The number of phenolic OH excluding ortho intramolecular Hbond substituents is 1. The van der Waals surface area contributed by atoms with Crippen molar-refractivity contribution >= 4 is 46.2 Å². The number of benzene rings is 2. The van der Waals surface area contributed by atoms with Crippen molar-refractivity contribution in [2.24, 2.45) is 17.8 Å². The van der Waals surface area contributed by atoms with E-state index in [0.29, 0.717) is 52.6 Å². The second-order valence-corrected chi connectivity index (χ2v) is 24.9. The number of piperazine rings is 2. The van der Waals surface area contributed by atoms with Crippen LogP contribution >= 0.6 is 11.3 Å². The van der Waals surface area contributed by atoms with Gasteiger partial charge in [0.2, 0.25) is 17.7 Å². The number of hydrogen-bond donors (Lipinski definition) is 4. The molecule has 6 fully saturated rings. The number of aliphatic hydroxyl groups is 1. The Kier molecular flexibility index (Phi) is 15.9. The molecule has 5 N–H and O–H groups in total. The van der Waals surface area contributed by atoms with Crippen molar-refractivity contribution in [3.05, 3.63) is 102 Å². The third kappa shape index (κ3) is 11.8. The van der Waals surface area contributed by atoms with Gasteiger partial charge >= 0.3 is 0 Å². The fraction of sp³-hybridized carbons (Fsp3) is 0.525. The van der Waals surface area contributed by atoms with Crippen LogP contribution in [0.2, 0.25) is 0 Å². The van der Waals surface area contributed by atoms with Crippen molar-refractivity contribution in [1.82, 2.24) is 45.3 Å². The van der Waals surface area contributed by atoms with Crippen LogP contribution in [0.4, 0.5) is 23.0 Å². The van der Waals surface area contributed by atoms with Gasteiger partial charge in [-0.1, -0.05) is 55.4 Å². The summed E-state index contributed by atoms with van der Waals surface area (Å²) in [6, 6.07) is 22.9. The summed E-state index contributed by atoms with van der Waals surface area (Å²) in [5.41, 5.74) is 14.5. The molecule has 2 unspecified atom stereocenters. The van der Waals surface area contributed by atoms with Crippen LogP contribution in [0.3, 0.4) is 0 Å². The quantitative estimate of drug-likeness (QED) is 0.0700. The van der Waals surface area contributed by atoms with E-state index in [-0.39, 0.29) is 48.6 Å². The number of nitrogens with two attached hydrogens (primary N) is 1. The molecule has 5 saturated heterocycles. The summed E-state index contributed by atoms with van der Waals surface area (Å²) in [6.45, 7) is 17.6. The van der Waals surface area contributed by atoms with Crippen LogP contribution in [0.25, 0.3) is 21.7 Å². The number of hydrogen-bond acceptors (Lipinski definition) is 18. The zero-order valence-corrected chi connectivity index (χ0v) is 47.8. The number of rotatable bonds is 17. The average Bonchev–Trinajstić information content (AvgIpc) is 4.28. The normalized spacial score (nSPS) is 24.4. The van der Waals surface area contributed by atoms with Crippen LogP contribution in [0.5, 0.6) is 11.6 Å². The number of aromatic nitrogens is 5. The highest BCUT2D eigenvalue weighted by molar-refractivity contribution is 7.13. The minimum atomic E-state index is -0.800. The van der Waals surface area contributed by atoms with E-state index in [1.807, 2.05) is 87.9 Å². The van der Waals surface area contributed by atoms with E-state index < -0.39 is 18.1 Å². The molecule has 0 radical (unpaired) electrons. The number of thiazole rings is 1. The number of pyridine rings is 1. The fourth-order valence-electron chi connectivity index (χ4n) is 13.6. The highest BCUT2D eigenvalue weighted by Crippen LogP contribution is 2.41.